The van der Waals surface area contributed by atoms with Gasteiger partial charge in [0.25, 0.3) is 0 Å². The molecule has 4 rings (SSSR count). The number of nitrogens with zero attached hydrogens (tertiary/aromatic N) is 3. The van der Waals surface area contributed by atoms with E-state index in [2.05, 4.69) is 15.5 Å². The third-order valence-corrected chi connectivity index (χ3v) is 5.90. The van der Waals surface area contributed by atoms with Crippen molar-refractivity contribution in [2.24, 2.45) is 12.5 Å². The summed E-state index contributed by atoms with van der Waals surface area (Å²) in [7, 11) is 2.02. The van der Waals surface area contributed by atoms with Gasteiger partial charge in [-0.25, -0.2) is 13.8 Å². The maximum absolute atomic E-state index is 14.2. The zero-order valence-corrected chi connectivity index (χ0v) is 16.0. The van der Waals surface area contributed by atoms with Gasteiger partial charge in [0.1, 0.15) is 17.5 Å². The Balaban J connectivity index is 1.54. The van der Waals surface area contributed by atoms with E-state index in [0.29, 0.717) is 25.1 Å². The molecule has 1 atom stereocenters. The Bertz CT molecular complexity index is 987. The predicted octanol–water partition coefficient (Wildman–Crippen LogP) is 3.67. The number of aromatic nitrogens is 2. The minimum absolute atomic E-state index is 0.0249. The summed E-state index contributed by atoms with van der Waals surface area (Å²) in [5.74, 6) is -0.144. The van der Waals surface area contributed by atoms with Crippen LogP contribution in [0.2, 0.25) is 0 Å². The number of halogens is 2. The molecule has 0 spiro atoms. The van der Waals surface area contributed by atoms with E-state index in [0.717, 1.165) is 42.3 Å². The first-order chi connectivity index (χ1) is 13.5. The summed E-state index contributed by atoms with van der Waals surface area (Å²) in [6.45, 7) is 2.22. The molecule has 1 unspecified atom stereocenters. The van der Waals surface area contributed by atoms with Crippen LogP contribution in [-0.2, 0) is 20.0 Å². The van der Waals surface area contributed by atoms with Gasteiger partial charge < -0.3 is 9.67 Å². The molecule has 0 amide bonds. The van der Waals surface area contributed by atoms with Gasteiger partial charge in [-0.15, -0.1) is 0 Å². The Labute approximate surface area is 163 Å². The van der Waals surface area contributed by atoms with Crippen LogP contribution in [0.3, 0.4) is 0 Å². The lowest BCUT2D eigenvalue weighted by molar-refractivity contribution is 0.0269. The molecule has 28 heavy (non-hydrogen) atoms. The number of likely N-dealkylation sites (tertiary alicyclic amines) is 1. The van der Waals surface area contributed by atoms with Crippen molar-refractivity contribution in [1.29, 1.82) is 0 Å². The summed E-state index contributed by atoms with van der Waals surface area (Å²) in [4.78, 5) is 7.03. The molecule has 1 aliphatic rings. The van der Waals surface area contributed by atoms with Gasteiger partial charge in [-0.2, -0.15) is 0 Å². The minimum Gasteiger partial charge on any atom is -0.396 e. The minimum atomic E-state index is -0.577. The average molecular weight is 385 g/mol. The Hall–Kier alpha value is -2.31. The van der Waals surface area contributed by atoms with Gasteiger partial charge in [-0.1, -0.05) is 18.2 Å². The number of hydrogen-bond donors (Lipinski definition) is 1. The molecule has 1 aromatic heterocycles. The van der Waals surface area contributed by atoms with Crippen LogP contribution in [0.1, 0.15) is 24.2 Å². The molecule has 0 aliphatic carbocycles. The number of fused-ring (bicyclic) bond motifs is 1. The van der Waals surface area contributed by atoms with Crippen LogP contribution < -0.4 is 0 Å². The maximum Gasteiger partial charge on any atom is 0.129 e. The lowest BCUT2D eigenvalue weighted by atomic mass is 9.75. The van der Waals surface area contributed by atoms with Crippen molar-refractivity contribution in [3.8, 4) is 0 Å². The van der Waals surface area contributed by atoms with Gasteiger partial charge in [0.15, 0.2) is 0 Å². The molecular formula is C22H25F2N3O. The second-order valence-electron chi connectivity index (χ2n) is 7.96. The van der Waals surface area contributed by atoms with Gasteiger partial charge in [0, 0.05) is 25.1 Å². The van der Waals surface area contributed by atoms with Gasteiger partial charge in [-0.05, 0) is 49.6 Å². The zero-order valence-electron chi connectivity index (χ0n) is 16.0. The molecule has 0 radical (unpaired) electrons. The summed E-state index contributed by atoms with van der Waals surface area (Å²) in [6.07, 6.45) is 2.14. The van der Waals surface area contributed by atoms with Crippen molar-refractivity contribution in [3.05, 3.63) is 65.5 Å². The highest BCUT2D eigenvalue weighted by atomic mass is 19.1. The summed E-state index contributed by atoms with van der Waals surface area (Å²) in [5.41, 5.74) is 2.09. The highest BCUT2D eigenvalue weighted by Crippen LogP contribution is 2.35. The molecule has 3 aromatic rings. The van der Waals surface area contributed by atoms with Crippen LogP contribution in [0.4, 0.5) is 8.78 Å². The van der Waals surface area contributed by atoms with Crippen LogP contribution in [0, 0.1) is 17.0 Å². The summed E-state index contributed by atoms with van der Waals surface area (Å²) < 4.78 is 29.5. The third kappa shape index (κ3) is 3.66. The Kier molecular flexibility index (Phi) is 5.17. The zero-order chi connectivity index (χ0) is 19.7. The number of imidazole rings is 1. The van der Waals surface area contributed by atoms with E-state index >= 15 is 0 Å². The van der Waals surface area contributed by atoms with Crippen molar-refractivity contribution in [2.75, 3.05) is 19.7 Å². The van der Waals surface area contributed by atoms with Gasteiger partial charge in [0.05, 0.1) is 24.2 Å². The first-order valence-corrected chi connectivity index (χ1v) is 9.67. The first-order valence-electron chi connectivity index (χ1n) is 9.67. The van der Waals surface area contributed by atoms with E-state index < -0.39 is 17.0 Å². The van der Waals surface area contributed by atoms with Gasteiger partial charge in [-0.3, -0.25) is 4.90 Å². The van der Waals surface area contributed by atoms with Crippen LogP contribution >= 0.6 is 0 Å². The topological polar surface area (TPSA) is 41.3 Å². The van der Waals surface area contributed by atoms with Crippen LogP contribution in [0.15, 0.2) is 42.5 Å². The fourth-order valence-corrected chi connectivity index (χ4v) is 4.38. The number of aliphatic hydroxyl groups excluding tert-OH is 1. The van der Waals surface area contributed by atoms with Gasteiger partial charge >= 0.3 is 0 Å². The lowest BCUT2D eigenvalue weighted by Gasteiger charge is -2.42. The molecule has 1 N–H and O–H groups in total. The molecule has 4 nitrogen and oxygen atoms in total. The SMILES string of the molecule is Cn1c(CN2CCCC(CO)(Cc3ccc(F)cc3F)C2)nc2ccccc21. The number of aryl methyl sites for hydroxylation is 1. The van der Waals surface area contributed by atoms with Crippen molar-refractivity contribution < 1.29 is 13.9 Å². The van der Waals surface area contributed by atoms with E-state index in [1.165, 1.54) is 12.1 Å². The number of benzene rings is 2. The standard InChI is InChI=1S/C22H25F2N3O/c1-26-20-6-3-2-5-19(20)25-21(26)13-27-10-4-9-22(14-27,15-28)12-16-7-8-17(23)11-18(16)24/h2-3,5-8,11,28H,4,9-10,12-15H2,1H3. The number of hydrogen-bond acceptors (Lipinski definition) is 3. The fourth-order valence-electron chi connectivity index (χ4n) is 4.38. The highest BCUT2D eigenvalue weighted by molar-refractivity contribution is 5.75. The molecule has 0 saturated carbocycles. The quantitative estimate of drug-likeness (QED) is 0.729. The largest absolute Gasteiger partial charge is 0.396 e. The molecule has 1 fully saturated rings. The third-order valence-electron chi connectivity index (χ3n) is 5.90. The summed E-state index contributed by atoms with van der Waals surface area (Å²) >= 11 is 0. The highest BCUT2D eigenvalue weighted by Gasteiger charge is 2.36. The normalized spacial score (nSPS) is 20.7. The second-order valence-corrected chi connectivity index (χ2v) is 7.96. The van der Waals surface area contributed by atoms with Crippen molar-refractivity contribution >= 4 is 11.0 Å². The summed E-state index contributed by atoms with van der Waals surface area (Å²) in [6, 6.07) is 11.7. The van der Waals surface area contributed by atoms with E-state index in [4.69, 9.17) is 4.98 Å². The lowest BCUT2D eigenvalue weighted by Crippen LogP contribution is -2.46. The smallest absolute Gasteiger partial charge is 0.129 e. The van der Waals surface area contributed by atoms with Crippen molar-refractivity contribution in [2.45, 2.75) is 25.8 Å². The first kappa shape index (κ1) is 19.0. The Morgan fingerprint density at radius 1 is 1.18 bits per heavy atom. The molecule has 6 heteroatoms. The molecule has 1 aliphatic heterocycles. The monoisotopic (exact) mass is 385 g/mol. The summed E-state index contributed by atoms with van der Waals surface area (Å²) in [5, 5.41) is 10.2. The number of aliphatic hydroxyl groups is 1. The van der Waals surface area contributed by atoms with Gasteiger partial charge in [0.2, 0.25) is 0 Å². The molecule has 1 saturated heterocycles. The maximum atomic E-state index is 14.2. The molecule has 0 bridgehead atoms. The molecular weight excluding hydrogens is 360 g/mol. The van der Waals surface area contributed by atoms with E-state index in [1.54, 1.807) is 0 Å². The number of piperidine rings is 1. The van der Waals surface area contributed by atoms with Crippen molar-refractivity contribution in [3.63, 3.8) is 0 Å². The Morgan fingerprint density at radius 3 is 2.75 bits per heavy atom. The fraction of sp³-hybridized carbons (Fsp3) is 0.409. The van der Waals surface area contributed by atoms with E-state index in [1.807, 2.05) is 25.2 Å². The molecule has 2 heterocycles. The van der Waals surface area contributed by atoms with E-state index in [-0.39, 0.29) is 6.61 Å². The van der Waals surface area contributed by atoms with E-state index in [9.17, 15) is 13.9 Å². The predicted molar refractivity (Wildman–Crippen MR) is 105 cm³/mol. The Morgan fingerprint density at radius 2 is 2.00 bits per heavy atom. The number of rotatable bonds is 5. The average Bonchev–Trinajstić information content (AvgIpc) is 3.00. The van der Waals surface area contributed by atoms with Crippen LogP contribution in [0.5, 0.6) is 0 Å². The number of para-hydroxylation sites is 2. The van der Waals surface area contributed by atoms with Crippen LogP contribution in [0.25, 0.3) is 11.0 Å². The molecule has 2 aromatic carbocycles. The second kappa shape index (κ2) is 7.60. The van der Waals surface area contributed by atoms with Crippen LogP contribution in [-0.4, -0.2) is 39.3 Å². The molecule has 148 valence electrons. The van der Waals surface area contributed by atoms with Crippen molar-refractivity contribution in [1.82, 2.24) is 14.5 Å².